The summed E-state index contributed by atoms with van der Waals surface area (Å²) >= 11 is 0. The van der Waals surface area contributed by atoms with Crippen molar-refractivity contribution in [2.24, 2.45) is 0 Å². The molecule has 0 amide bonds. The first-order chi connectivity index (χ1) is 8.20. The van der Waals surface area contributed by atoms with E-state index in [0.29, 0.717) is 0 Å². The van der Waals surface area contributed by atoms with E-state index in [9.17, 15) is 0 Å². The molecule has 94 valence electrons. The van der Waals surface area contributed by atoms with Crippen LogP contribution in [0.25, 0.3) is 0 Å². The van der Waals surface area contributed by atoms with Gasteiger partial charge in [0.15, 0.2) is 0 Å². The van der Waals surface area contributed by atoms with Crippen molar-refractivity contribution in [3.63, 3.8) is 0 Å². The van der Waals surface area contributed by atoms with Crippen LogP contribution in [0.5, 0.6) is 0 Å². The van der Waals surface area contributed by atoms with Crippen molar-refractivity contribution in [1.82, 2.24) is 4.90 Å². The van der Waals surface area contributed by atoms with E-state index in [-0.39, 0.29) is 0 Å². The molecule has 1 saturated heterocycles. The number of anilines is 1. The molecule has 1 aromatic rings. The first-order valence-electron chi connectivity index (χ1n) is 6.72. The molecule has 1 aliphatic rings. The topological polar surface area (TPSA) is 6.48 Å². The highest BCUT2D eigenvalue weighted by Crippen LogP contribution is 2.22. The molecule has 0 atom stereocenters. The number of piperidine rings is 1. The van der Waals surface area contributed by atoms with Crippen molar-refractivity contribution in [3.8, 4) is 0 Å². The van der Waals surface area contributed by atoms with Crippen molar-refractivity contribution < 1.29 is 0 Å². The van der Waals surface area contributed by atoms with Crippen LogP contribution in [0.2, 0.25) is 0 Å². The molecule has 1 heterocycles. The van der Waals surface area contributed by atoms with E-state index in [0.717, 1.165) is 12.6 Å². The summed E-state index contributed by atoms with van der Waals surface area (Å²) in [4.78, 5) is 4.99. The Morgan fingerprint density at radius 1 is 1.18 bits per heavy atom. The minimum Gasteiger partial charge on any atom is -0.371 e. The van der Waals surface area contributed by atoms with Crippen LogP contribution in [0.4, 0.5) is 5.69 Å². The van der Waals surface area contributed by atoms with E-state index in [4.69, 9.17) is 0 Å². The van der Waals surface area contributed by atoms with Gasteiger partial charge in [0.05, 0.1) is 0 Å². The van der Waals surface area contributed by atoms with Crippen molar-refractivity contribution >= 4 is 5.69 Å². The van der Waals surface area contributed by atoms with Crippen LogP contribution in [-0.2, 0) is 0 Å². The summed E-state index contributed by atoms with van der Waals surface area (Å²) < 4.78 is 0. The second-order valence-corrected chi connectivity index (χ2v) is 5.13. The average molecular weight is 232 g/mol. The standard InChI is InChI=1S/C15H24N2/c1-4-16(3)14-9-11-17(12-10-14)15-7-5-13(2)6-8-15/h5-8,14H,4,9-12H2,1-3H3. The van der Waals surface area contributed by atoms with Crippen molar-refractivity contribution in [2.45, 2.75) is 32.7 Å². The number of nitrogens with zero attached hydrogens (tertiary/aromatic N) is 2. The molecule has 17 heavy (non-hydrogen) atoms. The van der Waals surface area contributed by atoms with Crippen molar-refractivity contribution in [1.29, 1.82) is 0 Å². The quantitative estimate of drug-likeness (QED) is 0.790. The SMILES string of the molecule is CCN(C)C1CCN(c2ccc(C)cc2)CC1. The molecule has 0 bridgehead atoms. The minimum absolute atomic E-state index is 0.779. The molecule has 2 heteroatoms. The highest BCUT2D eigenvalue weighted by Gasteiger charge is 2.21. The molecule has 1 aromatic carbocycles. The van der Waals surface area contributed by atoms with Crippen LogP contribution >= 0.6 is 0 Å². The van der Waals surface area contributed by atoms with Gasteiger partial charge in [-0.15, -0.1) is 0 Å². The van der Waals surface area contributed by atoms with Gasteiger partial charge in [0.2, 0.25) is 0 Å². The second-order valence-electron chi connectivity index (χ2n) is 5.13. The lowest BCUT2D eigenvalue weighted by molar-refractivity contribution is 0.218. The number of hydrogen-bond acceptors (Lipinski definition) is 2. The molecule has 1 fully saturated rings. The Morgan fingerprint density at radius 3 is 2.29 bits per heavy atom. The number of aryl methyl sites for hydroxylation is 1. The van der Waals surface area contributed by atoms with Gasteiger partial charge < -0.3 is 9.80 Å². The molecule has 1 aliphatic heterocycles. The maximum absolute atomic E-state index is 2.51. The summed E-state index contributed by atoms with van der Waals surface area (Å²) in [6, 6.07) is 9.69. The van der Waals surface area contributed by atoms with Crippen molar-refractivity contribution in [3.05, 3.63) is 29.8 Å². The summed E-state index contributed by atoms with van der Waals surface area (Å²) in [7, 11) is 2.24. The van der Waals surface area contributed by atoms with Gasteiger partial charge >= 0.3 is 0 Å². The summed E-state index contributed by atoms with van der Waals surface area (Å²) in [6.45, 7) is 7.93. The molecule has 0 saturated carbocycles. The first-order valence-corrected chi connectivity index (χ1v) is 6.72. The zero-order chi connectivity index (χ0) is 12.3. The monoisotopic (exact) mass is 232 g/mol. The third-order valence-corrected chi connectivity index (χ3v) is 3.99. The largest absolute Gasteiger partial charge is 0.371 e. The predicted molar refractivity (Wildman–Crippen MR) is 74.7 cm³/mol. The maximum Gasteiger partial charge on any atom is 0.0366 e. The average Bonchev–Trinajstić information content (AvgIpc) is 2.39. The highest BCUT2D eigenvalue weighted by atomic mass is 15.2. The van der Waals surface area contributed by atoms with E-state index in [1.807, 2.05) is 0 Å². The van der Waals surface area contributed by atoms with Crippen LogP contribution in [0.3, 0.4) is 0 Å². The van der Waals surface area contributed by atoms with E-state index >= 15 is 0 Å². The fourth-order valence-electron chi connectivity index (χ4n) is 2.58. The zero-order valence-electron chi connectivity index (χ0n) is 11.3. The lowest BCUT2D eigenvalue weighted by Crippen LogP contribution is -2.43. The molecular weight excluding hydrogens is 208 g/mol. The predicted octanol–water partition coefficient (Wildman–Crippen LogP) is 2.92. The van der Waals surface area contributed by atoms with Gasteiger partial charge in [0, 0.05) is 24.8 Å². The Morgan fingerprint density at radius 2 is 1.76 bits per heavy atom. The Labute approximate surface area is 105 Å². The van der Waals surface area contributed by atoms with Crippen LogP contribution < -0.4 is 4.90 Å². The van der Waals surface area contributed by atoms with Gasteiger partial charge in [-0.2, -0.15) is 0 Å². The smallest absolute Gasteiger partial charge is 0.0366 e. The Kier molecular flexibility index (Phi) is 4.06. The molecule has 0 spiro atoms. The van der Waals surface area contributed by atoms with Crippen LogP contribution in [0, 0.1) is 6.92 Å². The van der Waals surface area contributed by atoms with Crippen LogP contribution in [-0.4, -0.2) is 37.6 Å². The fraction of sp³-hybridized carbons (Fsp3) is 0.600. The van der Waals surface area contributed by atoms with Crippen molar-refractivity contribution in [2.75, 3.05) is 31.6 Å². The molecule has 0 unspecified atom stereocenters. The van der Waals surface area contributed by atoms with E-state index in [1.54, 1.807) is 0 Å². The third kappa shape index (κ3) is 3.01. The fourth-order valence-corrected chi connectivity index (χ4v) is 2.58. The Hall–Kier alpha value is -1.02. The van der Waals surface area contributed by atoms with E-state index in [2.05, 4.69) is 55.0 Å². The van der Waals surface area contributed by atoms with Gasteiger partial charge in [-0.25, -0.2) is 0 Å². The third-order valence-electron chi connectivity index (χ3n) is 3.99. The Balaban J connectivity index is 1.93. The second kappa shape index (κ2) is 5.54. The molecule has 2 rings (SSSR count). The van der Waals surface area contributed by atoms with Crippen LogP contribution in [0.15, 0.2) is 24.3 Å². The lowest BCUT2D eigenvalue weighted by atomic mass is 10.0. The molecule has 2 nitrogen and oxygen atoms in total. The van der Waals surface area contributed by atoms with E-state index in [1.165, 1.54) is 37.2 Å². The summed E-state index contributed by atoms with van der Waals surface area (Å²) in [6.07, 6.45) is 2.58. The zero-order valence-corrected chi connectivity index (χ0v) is 11.3. The number of benzene rings is 1. The molecule has 0 aliphatic carbocycles. The maximum atomic E-state index is 2.51. The summed E-state index contributed by atoms with van der Waals surface area (Å²) in [5.41, 5.74) is 2.72. The van der Waals surface area contributed by atoms with Gasteiger partial charge in [-0.3, -0.25) is 0 Å². The number of hydrogen-bond donors (Lipinski definition) is 0. The van der Waals surface area contributed by atoms with Gasteiger partial charge in [0.25, 0.3) is 0 Å². The van der Waals surface area contributed by atoms with E-state index < -0.39 is 0 Å². The normalized spacial score (nSPS) is 17.8. The summed E-state index contributed by atoms with van der Waals surface area (Å²) in [5, 5.41) is 0. The van der Waals surface area contributed by atoms with Gasteiger partial charge in [-0.1, -0.05) is 24.6 Å². The molecule has 0 N–H and O–H groups in total. The summed E-state index contributed by atoms with van der Waals surface area (Å²) in [5.74, 6) is 0. The van der Waals surface area contributed by atoms with Crippen LogP contribution in [0.1, 0.15) is 25.3 Å². The first kappa shape index (κ1) is 12.4. The Bertz CT molecular complexity index is 336. The highest BCUT2D eigenvalue weighted by molar-refractivity contribution is 5.47. The lowest BCUT2D eigenvalue weighted by Gasteiger charge is -2.37. The van der Waals surface area contributed by atoms with Gasteiger partial charge in [-0.05, 0) is 45.5 Å². The molecular formula is C15H24N2. The van der Waals surface area contributed by atoms with Gasteiger partial charge in [0.1, 0.15) is 0 Å². The molecule has 0 aromatic heterocycles. The number of rotatable bonds is 3. The minimum atomic E-state index is 0.779. The molecule has 0 radical (unpaired) electrons.